The van der Waals surface area contributed by atoms with E-state index in [1.807, 2.05) is 30.3 Å². The Bertz CT molecular complexity index is 739. The van der Waals surface area contributed by atoms with Crippen LogP contribution in [0.15, 0.2) is 60.7 Å². The predicted octanol–water partition coefficient (Wildman–Crippen LogP) is 4.63. The molecule has 3 rings (SSSR count). The van der Waals surface area contributed by atoms with Gasteiger partial charge in [0.2, 0.25) is 0 Å². The summed E-state index contributed by atoms with van der Waals surface area (Å²) >= 11 is 0. The summed E-state index contributed by atoms with van der Waals surface area (Å²) in [7, 11) is 0. The maximum absolute atomic E-state index is 11.1. The van der Waals surface area contributed by atoms with Gasteiger partial charge in [-0.3, -0.25) is 4.79 Å². The number of aryl methyl sites for hydroxylation is 1. The van der Waals surface area contributed by atoms with Crippen molar-refractivity contribution in [2.75, 3.05) is 0 Å². The van der Waals surface area contributed by atoms with E-state index in [0.29, 0.717) is 0 Å². The van der Waals surface area contributed by atoms with Crippen molar-refractivity contribution in [3.8, 4) is 11.1 Å². The minimum atomic E-state index is 0.742. The summed E-state index contributed by atoms with van der Waals surface area (Å²) in [4.78, 5) is 11.1. The third-order valence-corrected chi connectivity index (χ3v) is 3.45. The normalized spacial score (nSPS) is 10.6. The van der Waals surface area contributed by atoms with E-state index in [4.69, 9.17) is 0 Å². The Labute approximate surface area is 112 Å². The van der Waals surface area contributed by atoms with Gasteiger partial charge in [-0.25, -0.2) is 0 Å². The first-order valence-corrected chi connectivity index (χ1v) is 6.33. The number of fused-ring (bicyclic) bond motifs is 1. The number of hydrogen-bond acceptors (Lipinski definition) is 1. The molecule has 0 aliphatic carbocycles. The fourth-order valence-corrected chi connectivity index (χ4v) is 2.41. The van der Waals surface area contributed by atoms with Crippen LogP contribution in [-0.4, -0.2) is 6.29 Å². The Morgan fingerprint density at radius 1 is 0.789 bits per heavy atom. The van der Waals surface area contributed by atoms with Gasteiger partial charge in [0.1, 0.15) is 0 Å². The molecular formula is C18H14O. The minimum Gasteiger partial charge on any atom is -0.298 e. The van der Waals surface area contributed by atoms with Crippen molar-refractivity contribution in [1.82, 2.24) is 0 Å². The highest BCUT2D eigenvalue weighted by molar-refractivity contribution is 6.05. The molecule has 92 valence electrons. The molecule has 0 radical (unpaired) electrons. The fraction of sp³-hybridized carbons (Fsp3) is 0.0556. The maximum Gasteiger partial charge on any atom is 0.150 e. The van der Waals surface area contributed by atoms with Gasteiger partial charge in [0.15, 0.2) is 6.29 Å². The van der Waals surface area contributed by atoms with E-state index >= 15 is 0 Å². The lowest BCUT2D eigenvalue weighted by atomic mass is 9.95. The second kappa shape index (κ2) is 4.69. The quantitative estimate of drug-likeness (QED) is 0.602. The molecule has 0 bridgehead atoms. The van der Waals surface area contributed by atoms with Gasteiger partial charge >= 0.3 is 0 Å². The molecule has 0 spiro atoms. The first kappa shape index (κ1) is 11.7. The standard InChI is InChI=1S/C18H14O/c1-13-6-8-14(9-7-13)17-11-10-15(12-19)16-4-2-3-5-18(16)17/h2-12H,1H3. The van der Waals surface area contributed by atoms with Crippen LogP contribution in [0.1, 0.15) is 15.9 Å². The predicted molar refractivity (Wildman–Crippen MR) is 79.5 cm³/mol. The van der Waals surface area contributed by atoms with Crippen LogP contribution in [0.4, 0.5) is 0 Å². The van der Waals surface area contributed by atoms with Gasteiger partial charge in [0.25, 0.3) is 0 Å². The Morgan fingerprint density at radius 2 is 1.47 bits per heavy atom. The Hall–Kier alpha value is -2.41. The molecule has 0 heterocycles. The van der Waals surface area contributed by atoms with Gasteiger partial charge in [-0.15, -0.1) is 0 Å². The zero-order valence-corrected chi connectivity index (χ0v) is 10.8. The van der Waals surface area contributed by atoms with E-state index in [-0.39, 0.29) is 0 Å². The highest BCUT2D eigenvalue weighted by Gasteiger charge is 2.06. The molecule has 0 unspecified atom stereocenters. The topological polar surface area (TPSA) is 17.1 Å². The Balaban J connectivity index is 2.30. The molecule has 0 atom stereocenters. The average Bonchev–Trinajstić information content (AvgIpc) is 2.47. The average molecular weight is 246 g/mol. The Morgan fingerprint density at radius 3 is 2.16 bits per heavy atom. The van der Waals surface area contributed by atoms with Crippen LogP contribution in [0.25, 0.3) is 21.9 Å². The second-order valence-corrected chi connectivity index (χ2v) is 4.73. The monoisotopic (exact) mass is 246 g/mol. The summed E-state index contributed by atoms with van der Waals surface area (Å²) in [5.41, 5.74) is 4.34. The van der Waals surface area contributed by atoms with Crippen molar-refractivity contribution in [3.05, 3.63) is 71.8 Å². The summed E-state index contributed by atoms with van der Waals surface area (Å²) in [6.45, 7) is 2.08. The number of carbonyl (C=O) groups is 1. The Kier molecular flexibility index (Phi) is 2.88. The maximum atomic E-state index is 11.1. The van der Waals surface area contributed by atoms with Crippen molar-refractivity contribution in [2.45, 2.75) is 6.92 Å². The zero-order chi connectivity index (χ0) is 13.2. The summed E-state index contributed by atoms with van der Waals surface area (Å²) in [5, 5.41) is 2.13. The number of benzene rings is 3. The van der Waals surface area contributed by atoms with Gasteiger partial charge in [-0.1, -0.05) is 66.2 Å². The fourth-order valence-electron chi connectivity index (χ4n) is 2.41. The van der Waals surface area contributed by atoms with Crippen molar-refractivity contribution >= 4 is 17.1 Å². The summed E-state index contributed by atoms with van der Waals surface area (Å²) in [5.74, 6) is 0. The molecule has 0 saturated heterocycles. The smallest absolute Gasteiger partial charge is 0.150 e. The van der Waals surface area contributed by atoms with Crippen molar-refractivity contribution in [3.63, 3.8) is 0 Å². The summed E-state index contributed by atoms with van der Waals surface area (Å²) < 4.78 is 0. The lowest BCUT2D eigenvalue weighted by Gasteiger charge is -2.09. The van der Waals surface area contributed by atoms with Crippen LogP contribution in [0.3, 0.4) is 0 Å². The number of hydrogen-bond donors (Lipinski definition) is 0. The SMILES string of the molecule is Cc1ccc(-c2ccc(C=O)c3ccccc23)cc1. The lowest BCUT2D eigenvalue weighted by molar-refractivity contribution is 0.112. The van der Waals surface area contributed by atoms with Gasteiger partial charge < -0.3 is 0 Å². The van der Waals surface area contributed by atoms with Gasteiger partial charge in [-0.05, 0) is 28.8 Å². The van der Waals surface area contributed by atoms with Gasteiger partial charge in [0, 0.05) is 5.56 Å². The molecule has 1 nitrogen and oxygen atoms in total. The molecule has 1 heteroatoms. The van der Waals surface area contributed by atoms with Crippen molar-refractivity contribution in [2.24, 2.45) is 0 Å². The largest absolute Gasteiger partial charge is 0.298 e. The highest BCUT2D eigenvalue weighted by atomic mass is 16.1. The van der Waals surface area contributed by atoms with Crippen LogP contribution in [0, 0.1) is 6.92 Å². The minimum absolute atomic E-state index is 0.742. The van der Waals surface area contributed by atoms with Gasteiger partial charge in [0.05, 0.1) is 0 Å². The highest BCUT2D eigenvalue weighted by Crippen LogP contribution is 2.30. The molecule has 0 fully saturated rings. The molecule has 3 aromatic carbocycles. The van der Waals surface area contributed by atoms with E-state index in [9.17, 15) is 4.79 Å². The van der Waals surface area contributed by atoms with E-state index < -0.39 is 0 Å². The number of carbonyl (C=O) groups excluding carboxylic acids is 1. The number of rotatable bonds is 2. The van der Waals surface area contributed by atoms with Crippen LogP contribution < -0.4 is 0 Å². The zero-order valence-electron chi connectivity index (χ0n) is 10.8. The third-order valence-electron chi connectivity index (χ3n) is 3.45. The molecule has 0 aliphatic heterocycles. The van der Waals surface area contributed by atoms with Crippen molar-refractivity contribution < 1.29 is 4.79 Å². The second-order valence-electron chi connectivity index (χ2n) is 4.73. The molecular weight excluding hydrogens is 232 g/mol. The summed E-state index contributed by atoms with van der Waals surface area (Å²) in [6, 6.07) is 20.4. The van der Waals surface area contributed by atoms with Crippen LogP contribution in [0.2, 0.25) is 0 Å². The first-order chi connectivity index (χ1) is 9.29. The third kappa shape index (κ3) is 2.04. The van der Waals surface area contributed by atoms with Gasteiger partial charge in [-0.2, -0.15) is 0 Å². The van der Waals surface area contributed by atoms with Crippen LogP contribution in [0.5, 0.6) is 0 Å². The summed E-state index contributed by atoms with van der Waals surface area (Å²) in [6.07, 6.45) is 0.918. The van der Waals surface area contributed by atoms with E-state index in [0.717, 1.165) is 22.6 Å². The van der Waals surface area contributed by atoms with Crippen LogP contribution in [-0.2, 0) is 0 Å². The molecule has 0 aromatic heterocycles. The first-order valence-electron chi connectivity index (χ1n) is 6.33. The lowest BCUT2D eigenvalue weighted by Crippen LogP contribution is -1.87. The van der Waals surface area contributed by atoms with Crippen molar-refractivity contribution in [1.29, 1.82) is 0 Å². The number of aldehydes is 1. The molecule has 0 amide bonds. The van der Waals surface area contributed by atoms with E-state index in [1.54, 1.807) is 0 Å². The molecule has 3 aromatic rings. The molecule has 0 saturated carbocycles. The molecule has 19 heavy (non-hydrogen) atoms. The van der Waals surface area contributed by atoms with Crippen LogP contribution >= 0.6 is 0 Å². The molecule has 0 aliphatic rings. The van der Waals surface area contributed by atoms with E-state index in [2.05, 4.69) is 37.3 Å². The van der Waals surface area contributed by atoms with E-state index in [1.165, 1.54) is 16.7 Å². The molecule has 0 N–H and O–H groups in total.